The van der Waals surface area contributed by atoms with Crippen LogP contribution in [-0.2, 0) is 6.54 Å². The first-order chi connectivity index (χ1) is 11.1. The third kappa shape index (κ3) is 6.46. The van der Waals surface area contributed by atoms with E-state index >= 15 is 0 Å². The minimum atomic E-state index is -0.723. The number of rotatable bonds is 11. The van der Waals surface area contributed by atoms with Crippen LogP contribution in [0.2, 0.25) is 0 Å². The van der Waals surface area contributed by atoms with E-state index in [1.807, 2.05) is 0 Å². The molecule has 0 radical (unpaired) electrons. The molecule has 0 saturated carbocycles. The fourth-order valence-corrected chi connectivity index (χ4v) is 7.57. The smallest absolute Gasteiger partial charge is 0.185 e. The van der Waals surface area contributed by atoms with Gasteiger partial charge in [0.2, 0.25) is 0 Å². The Balaban J connectivity index is 3.06. The molecule has 0 bridgehead atoms. The predicted molar refractivity (Wildman–Crippen MR) is 106 cm³/mol. The molecule has 0 spiro atoms. The predicted octanol–water partition coefficient (Wildman–Crippen LogP) is 4.84. The molecule has 0 saturated heterocycles. The van der Waals surface area contributed by atoms with Crippen molar-refractivity contribution in [1.29, 1.82) is 5.41 Å². The Morgan fingerprint density at radius 1 is 1.04 bits per heavy atom. The van der Waals surface area contributed by atoms with Crippen LogP contribution in [0.5, 0.6) is 0 Å². The number of benzene rings is 1. The van der Waals surface area contributed by atoms with Crippen molar-refractivity contribution in [2.75, 3.05) is 17.3 Å². The summed E-state index contributed by atoms with van der Waals surface area (Å²) in [6.45, 7) is 7.56. The third-order valence-electron chi connectivity index (χ3n) is 4.25. The molecule has 0 heterocycles. The van der Waals surface area contributed by atoms with E-state index in [-0.39, 0.29) is 5.96 Å². The van der Waals surface area contributed by atoms with Crippen LogP contribution in [0.4, 0.5) is 0 Å². The third-order valence-corrected chi connectivity index (χ3v) is 8.84. The van der Waals surface area contributed by atoms with Gasteiger partial charge in [0.15, 0.2) is 5.96 Å². The minimum absolute atomic E-state index is 0.0412. The molecule has 23 heavy (non-hydrogen) atoms. The van der Waals surface area contributed by atoms with Crippen molar-refractivity contribution in [2.45, 2.75) is 64.3 Å². The van der Waals surface area contributed by atoms with Gasteiger partial charge in [-0.1, -0.05) is 51.8 Å². The van der Waals surface area contributed by atoms with Crippen LogP contribution in [0.25, 0.3) is 0 Å². The molecule has 0 unspecified atom stereocenters. The quantitative estimate of drug-likeness (QED) is 0.399. The fourth-order valence-electron chi connectivity index (χ4n) is 3.01. The molecule has 0 fully saturated rings. The van der Waals surface area contributed by atoms with E-state index in [0.29, 0.717) is 6.54 Å². The first kappa shape index (κ1) is 19.9. The molecule has 3 nitrogen and oxygen atoms in total. The SMILES string of the molecule is CCCCS(CCC)(CCCC)c1cccc(CNC(=N)N)c1. The van der Waals surface area contributed by atoms with Crippen LogP contribution < -0.4 is 11.1 Å². The molecule has 132 valence electrons. The lowest BCUT2D eigenvalue weighted by molar-refractivity contribution is 0.859. The number of nitrogens with two attached hydrogens (primary N) is 1. The molecule has 0 amide bonds. The lowest BCUT2D eigenvalue weighted by Gasteiger charge is -2.41. The topological polar surface area (TPSA) is 61.9 Å². The first-order valence-electron chi connectivity index (χ1n) is 9.01. The van der Waals surface area contributed by atoms with Crippen molar-refractivity contribution in [3.8, 4) is 0 Å². The van der Waals surface area contributed by atoms with E-state index in [9.17, 15) is 0 Å². The Morgan fingerprint density at radius 3 is 2.22 bits per heavy atom. The number of nitrogens with one attached hydrogen (secondary N) is 2. The van der Waals surface area contributed by atoms with E-state index in [1.54, 1.807) is 4.90 Å². The van der Waals surface area contributed by atoms with E-state index in [0.717, 1.165) is 0 Å². The summed E-state index contributed by atoms with van der Waals surface area (Å²) in [4.78, 5) is 1.56. The van der Waals surface area contributed by atoms with Gasteiger partial charge in [0.05, 0.1) is 0 Å². The minimum Gasteiger partial charge on any atom is -0.370 e. The molecule has 4 heteroatoms. The summed E-state index contributed by atoms with van der Waals surface area (Å²) in [6.07, 6.45) is 6.47. The summed E-state index contributed by atoms with van der Waals surface area (Å²) in [5.74, 6) is 4.11. The van der Waals surface area contributed by atoms with Crippen molar-refractivity contribution >= 4 is 16.0 Å². The molecule has 0 aliphatic carbocycles. The highest BCUT2D eigenvalue weighted by Crippen LogP contribution is 2.57. The summed E-state index contributed by atoms with van der Waals surface area (Å²) < 4.78 is 0. The Morgan fingerprint density at radius 2 is 1.70 bits per heavy atom. The Kier molecular flexibility index (Phi) is 9.15. The highest BCUT2D eigenvalue weighted by atomic mass is 32.3. The number of hydrogen-bond acceptors (Lipinski definition) is 1. The van der Waals surface area contributed by atoms with Gasteiger partial charge in [0.1, 0.15) is 0 Å². The maximum absolute atomic E-state index is 7.34. The number of unbranched alkanes of at least 4 members (excludes halogenated alkanes) is 2. The van der Waals surface area contributed by atoms with Crippen LogP contribution in [0.1, 0.15) is 58.4 Å². The van der Waals surface area contributed by atoms with E-state index in [2.05, 4.69) is 50.4 Å². The van der Waals surface area contributed by atoms with E-state index in [4.69, 9.17) is 11.1 Å². The average Bonchev–Trinajstić information content (AvgIpc) is 2.56. The Hall–Kier alpha value is -1.16. The van der Waals surface area contributed by atoms with Gasteiger partial charge in [-0.3, -0.25) is 5.41 Å². The van der Waals surface area contributed by atoms with Gasteiger partial charge in [-0.15, -0.1) is 0 Å². The van der Waals surface area contributed by atoms with Crippen molar-refractivity contribution in [1.82, 2.24) is 5.32 Å². The van der Waals surface area contributed by atoms with Gasteiger partial charge in [0, 0.05) is 6.54 Å². The number of guanidine groups is 1. The lowest BCUT2D eigenvalue weighted by atomic mass is 10.2. The van der Waals surface area contributed by atoms with Gasteiger partial charge in [-0.2, -0.15) is 0 Å². The van der Waals surface area contributed by atoms with Crippen LogP contribution in [0.15, 0.2) is 29.2 Å². The van der Waals surface area contributed by atoms with Gasteiger partial charge in [-0.25, -0.2) is 10.0 Å². The molecule has 4 N–H and O–H groups in total. The second kappa shape index (κ2) is 10.6. The van der Waals surface area contributed by atoms with Crippen molar-refractivity contribution < 1.29 is 0 Å². The summed E-state index contributed by atoms with van der Waals surface area (Å²) >= 11 is 0. The van der Waals surface area contributed by atoms with Crippen LogP contribution >= 0.6 is 10.0 Å². The molecular weight excluding hydrogens is 302 g/mol. The zero-order valence-electron chi connectivity index (χ0n) is 15.2. The van der Waals surface area contributed by atoms with E-state index < -0.39 is 10.0 Å². The molecule has 0 aliphatic rings. The summed E-state index contributed by atoms with van der Waals surface area (Å²) in [5, 5.41) is 10.3. The summed E-state index contributed by atoms with van der Waals surface area (Å²) in [5.41, 5.74) is 6.66. The molecule has 0 aromatic heterocycles. The van der Waals surface area contributed by atoms with Crippen molar-refractivity contribution in [3.05, 3.63) is 29.8 Å². The van der Waals surface area contributed by atoms with Crippen molar-refractivity contribution in [3.63, 3.8) is 0 Å². The monoisotopic (exact) mass is 337 g/mol. The zero-order chi connectivity index (χ0) is 17.1. The van der Waals surface area contributed by atoms with Gasteiger partial charge < -0.3 is 11.1 Å². The summed E-state index contributed by atoms with van der Waals surface area (Å²) in [6, 6.07) is 9.02. The van der Waals surface area contributed by atoms with Gasteiger partial charge in [-0.05, 0) is 53.0 Å². The molecule has 1 rings (SSSR count). The molecular formula is C19H35N3S. The second-order valence-corrected chi connectivity index (χ2v) is 10.1. The number of hydrogen-bond donors (Lipinski definition) is 3. The Bertz CT molecular complexity index is 465. The molecule has 0 aliphatic heterocycles. The normalized spacial score (nSPS) is 12.1. The zero-order valence-corrected chi connectivity index (χ0v) is 16.0. The van der Waals surface area contributed by atoms with Crippen molar-refractivity contribution in [2.24, 2.45) is 5.73 Å². The molecule has 0 atom stereocenters. The molecule has 1 aromatic rings. The second-order valence-electron chi connectivity index (χ2n) is 6.28. The van der Waals surface area contributed by atoms with E-state index in [1.165, 1.54) is 54.9 Å². The van der Waals surface area contributed by atoms with Gasteiger partial charge >= 0.3 is 0 Å². The van der Waals surface area contributed by atoms with Crippen LogP contribution in [0, 0.1) is 5.41 Å². The first-order valence-corrected chi connectivity index (χ1v) is 11.1. The van der Waals surface area contributed by atoms with Crippen LogP contribution in [-0.4, -0.2) is 23.2 Å². The summed E-state index contributed by atoms with van der Waals surface area (Å²) in [7, 11) is -0.723. The fraction of sp³-hybridized carbons (Fsp3) is 0.632. The highest BCUT2D eigenvalue weighted by Gasteiger charge is 2.24. The van der Waals surface area contributed by atoms with Gasteiger partial charge in [0.25, 0.3) is 0 Å². The Labute approximate surface area is 144 Å². The molecule has 1 aromatic carbocycles. The standard InChI is InChI=1S/C19H35N3S/c1-4-7-13-23(12-6-3,14-8-5-2)18-11-9-10-17(15-18)16-22-19(20)21/h9-11,15H,4-8,12-14,16H2,1-3H3,(H4,20,21,22). The maximum Gasteiger partial charge on any atom is 0.185 e. The van der Waals surface area contributed by atoms with Crippen LogP contribution in [0.3, 0.4) is 0 Å². The lowest BCUT2D eigenvalue weighted by Crippen LogP contribution is -2.29. The maximum atomic E-state index is 7.34. The average molecular weight is 338 g/mol. The largest absolute Gasteiger partial charge is 0.370 e. The highest BCUT2D eigenvalue weighted by molar-refractivity contribution is 8.33.